The first kappa shape index (κ1) is 11.7. The molecule has 0 unspecified atom stereocenters. The molecule has 0 fully saturated rings. The molecule has 0 radical (unpaired) electrons. The van der Waals surface area contributed by atoms with Crippen molar-refractivity contribution in [1.82, 2.24) is 9.78 Å². The van der Waals surface area contributed by atoms with Crippen molar-refractivity contribution in [2.45, 2.75) is 26.9 Å². The van der Waals surface area contributed by atoms with Gasteiger partial charge in [-0.05, 0) is 44.0 Å². The molecular formula is C14H18N2O. The predicted octanol–water partition coefficient (Wildman–Crippen LogP) is 3.18. The monoisotopic (exact) mass is 230 g/mol. The first-order valence-corrected chi connectivity index (χ1v) is 5.82. The number of aryl methyl sites for hydroxylation is 2. The summed E-state index contributed by atoms with van der Waals surface area (Å²) in [5, 5.41) is 4.19. The number of hydrogen-bond donors (Lipinski definition) is 0. The number of aromatic nitrogens is 2. The smallest absolute Gasteiger partial charge is 0.120 e. The fourth-order valence-electron chi connectivity index (χ4n) is 1.83. The van der Waals surface area contributed by atoms with Crippen molar-refractivity contribution in [1.29, 1.82) is 0 Å². The highest BCUT2D eigenvalue weighted by molar-refractivity contribution is 5.64. The summed E-state index contributed by atoms with van der Waals surface area (Å²) in [6.07, 6.45) is 4.07. The van der Waals surface area contributed by atoms with Crippen molar-refractivity contribution >= 4 is 0 Å². The fraction of sp³-hybridized carbons (Fsp3) is 0.357. The topological polar surface area (TPSA) is 27.1 Å². The largest absolute Gasteiger partial charge is 0.491 e. The van der Waals surface area contributed by atoms with Crippen molar-refractivity contribution in [2.75, 3.05) is 0 Å². The highest BCUT2D eigenvalue weighted by atomic mass is 16.5. The van der Waals surface area contributed by atoms with Gasteiger partial charge in [-0.15, -0.1) is 0 Å². The molecule has 1 heterocycles. The minimum Gasteiger partial charge on any atom is -0.491 e. The van der Waals surface area contributed by atoms with Crippen LogP contribution in [0.2, 0.25) is 0 Å². The molecule has 17 heavy (non-hydrogen) atoms. The molecule has 0 spiro atoms. The Morgan fingerprint density at radius 2 is 1.94 bits per heavy atom. The molecule has 0 aliphatic heterocycles. The lowest BCUT2D eigenvalue weighted by atomic mass is 10.1. The molecule has 1 aromatic carbocycles. The zero-order valence-electron chi connectivity index (χ0n) is 10.8. The van der Waals surface area contributed by atoms with Gasteiger partial charge in [0.25, 0.3) is 0 Å². The van der Waals surface area contributed by atoms with Crippen LogP contribution in [-0.4, -0.2) is 15.9 Å². The Balaban J connectivity index is 2.37. The maximum atomic E-state index is 5.74. The van der Waals surface area contributed by atoms with Crippen molar-refractivity contribution in [3.8, 4) is 16.9 Å². The van der Waals surface area contributed by atoms with Crippen LogP contribution in [0.4, 0.5) is 0 Å². The van der Waals surface area contributed by atoms with E-state index >= 15 is 0 Å². The Hall–Kier alpha value is -1.77. The molecular weight excluding hydrogens is 212 g/mol. The van der Waals surface area contributed by atoms with Crippen LogP contribution in [0.25, 0.3) is 11.1 Å². The summed E-state index contributed by atoms with van der Waals surface area (Å²) in [6.45, 7) is 6.14. The molecule has 0 aliphatic carbocycles. The van der Waals surface area contributed by atoms with Gasteiger partial charge in [0.05, 0.1) is 12.3 Å². The third-order valence-corrected chi connectivity index (χ3v) is 2.46. The molecule has 0 N–H and O–H groups in total. The second-order valence-electron chi connectivity index (χ2n) is 4.60. The van der Waals surface area contributed by atoms with Gasteiger partial charge in [0.2, 0.25) is 0 Å². The van der Waals surface area contributed by atoms with E-state index in [4.69, 9.17) is 4.74 Å². The highest BCUT2D eigenvalue weighted by Crippen LogP contribution is 2.26. The average molecular weight is 230 g/mol. The zero-order valence-corrected chi connectivity index (χ0v) is 10.8. The molecule has 0 saturated carbocycles. The van der Waals surface area contributed by atoms with Crippen LogP contribution in [0.3, 0.4) is 0 Å². The molecule has 0 bridgehead atoms. The lowest BCUT2D eigenvalue weighted by molar-refractivity contribution is 0.242. The molecule has 3 heteroatoms. The quantitative estimate of drug-likeness (QED) is 0.809. The molecule has 0 saturated heterocycles. The van der Waals surface area contributed by atoms with Crippen LogP contribution in [0.1, 0.15) is 19.4 Å². The summed E-state index contributed by atoms with van der Waals surface area (Å²) in [6, 6.07) is 6.26. The second-order valence-corrected chi connectivity index (χ2v) is 4.60. The van der Waals surface area contributed by atoms with Gasteiger partial charge in [0.1, 0.15) is 5.75 Å². The lowest BCUT2D eigenvalue weighted by Gasteiger charge is -2.11. The Kier molecular flexibility index (Phi) is 3.18. The van der Waals surface area contributed by atoms with Crippen molar-refractivity contribution in [3.05, 3.63) is 36.2 Å². The second kappa shape index (κ2) is 4.62. The molecule has 0 aliphatic rings. The van der Waals surface area contributed by atoms with E-state index < -0.39 is 0 Å². The first-order chi connectivity index (χ1) is 8.04. The SMILES string of the molecule is Cc1cc(OC(C)C)cc(-c2cnn(C)c2)c1. The molecule has 3 nitrogen and oxygen atoms in total. The Morgan fingerprint density at radius 1 is 1.18 bits per heavy atom. The minimum atomic E-state index is 0.193. The maximum absolute atomic E-state index is 5.74. The highest BCUT2D eigenvalue weighted by Gasteiger charge is 2.05. The minimum absolute atomic E-state index is 0.193. The van der Waals surface area contributed by atoms with Crippen LogP contribution in [-0.2, 0) is 7.05 Å². The third-order valence-electron chi connectivity index (χ3n) is 2.46. The molecule has 1 aromatic heterocycles. The van der Waals surface area contributed by atoms with Crippen LogP contribution >= 0.6 is 0 Å². The van der Waals surface area contributed by atoms with Crippen LogP contribution < -0.4 is 4.74 Å². The van der Waals surface area contributed by atoms with Gasteiger partial charge in [-0.25, -0.2) is 0 Å². The van der Waals surface area contributed by atoms with Crippen LogP contribution in [0, 0.1) is 6.92 Å². The average Bonchev–Trinajstić information content (AvgIpc) is 2.62. The van der Waals surface area contributed by atoms with Gasteiger partial charge < -0.3 is 4.74 Å². The summed E-state index contributed by atoms with van der Waals surface area (Å²) in [4.78, 5) is 0. The van der Waals surface area contributed by atoms with E-state index in [0.29, 0.717) is 0 Å². The third kappa shape index (κ3) is 2.87. The predicted molar refractivity (Wildman–Crippen MR) is 69.1 cm³/mol. The number of benzene rings is 1. The van der Waals surface area contributed by atoms with Gasteiger partial charge in [-0.2, -0.15) is 5.10 Å². The van der Waals surface area contributed by atoms with Gasteiger partial charge in [-0.3, -0.25) is 4.68 Å². The first-order valence-electron chi connectivity index (χ1n) is 5.82. The van der Waals surface area contributed by atoms with Gasteiger partial charge in [0, 0.05) is 18.8 Å². The molecule has 0 atom stereocenters. The summed E-state index contributed by atoms with van der Waals surface area (Å²) >= 11 is 0. The molecule has 2 aromatic rings. The maximum Gasteiger partial charge on any atom is 0.120 e. The van der Waals surface area contributed by atoms with E-state index in [9.17, 15) is 0 Å². The summed E-state index contributed by atoms with van der Waals surface area (Å²) in [5.41, 5.74) is 3.46. The van der Waals surface area contributed by atoms with Crippen molar-refractivity contribution < 1.29 is 4.74 Å². The standard InChI is InChI=1S/C14H18N2O/c1-10(2)17-14-6-11(3)5-12(7-14)13-8-15-16(4)9-13/h5-10H,1-4H3. The Bertz CT molecular complexity index is 515. The van der Waals surface area contributed by atoms with Gasteiger partial charge in [0.15, 0.2) is 0 Å². The van der Waals surface area contributed by atoms with Crippen LogP contribution in [0.5, 0.6) is 5.75 Å². The lowest BCUT2D eigenvalue weighted by Crippen LogP contribution is -2.05. The fourth-order valence-corrected chi connectivity index (χ4v) is 1.83. The zero-order chi connectivity index (χ0) is 12.4. The van der Waals surface area contributed by atoms with Crippen molar-refractivity contribution in [3.63, 3.8) is 0 Å². The molecule has 90 valence electrons. The number of nitrogens with zero attached hydrogens (tertiary/aromatic N) is 2. The molecule has 2 rings (SSSR count). The summed E-state index contributed by atoms with van der Waals surface area (Å²) < 4.78 is 7.54. The van der Waals surface area contributed by atoms with E-state index in [2.05, 4.69) is 30.2 Å². The summed E-state index contributed by atoms with van der Waals surface area (Å²) in [5.74, 6) is 0.916. The van der Waals surface area contributed by atoms with E-state index in [1.54, 1.807) is 4.68 Å². The molecule has 0 amide bonds. The Morgan fingerprint density at radius 3 is 2.53 bits per heavy atom. The van der Waals surface area contributed by atoms with E-state index in [0.717, 1.165) is 16.9 Å². The van der Waals surface area contributed by atoms with Crippen molar-refractivity contribution in [2.24, 2.45) is 7.05 Å². The van der Waals surface area contributed by atoms with Crippen LogP contribution in [0.15, 0.2) is 30.6 Å². The van der Waals surface area contributed by atoms with E-state index in [1.807, 2.05) is 33.3 Å². The summed E-state index contributed by atoms with van der Waals surface area (Å²) in [7, 11) is 1.92. The number of rotatable bonds is 3. The van der Waals surface area contributed by atoms with Gasteiger partial charge >= 0.3 is 0 Å². The number of hydrogen-bond acceptors (Lipinski definition) is 2. The number of ether oxygens (including phenoxy) is 1. The van der Waals surface area contributed by atoms with E-state index in [1.165, 1.54) is 5.56 Å². The Labute approximate surface area is 102 Å². The van der Waals surface area contributed by atoms with E-state index in [-0.39, 0.29) is 6.10 Å². The normalized spacial score (nSPS) is 10.9. The van der Waals surface area contributed by atoms with Gasteiger partial charge in [-0.1, -0.05) is 6.07 Å².